The first-order chi connectivity index (χ1) is 31.2. The second-order valence-corrected chi connectivity index (χ2v) is 18.2. The van der Waals surface area contributed by atoms with Gasteiger partial charge in [-0.3, -0.25) is 43.9 Å². The van der Waals surface area contributed by atoms with Crippen LogP contribution in [0.3, 0.4) is 0 Å². The standard InChI is InChI=1S/C46H51ClFN9O8/c1-25(2)56-35-7-5-28(18-26(35)19-37(44(56)63)64-24-39(59)49-3)51-40-34(47)23-50-45(53-40)55-14-10-30(11-15-55)65-31-21-29(22-31)54-16-12-46(48,13-17-54)27-4-6-32-33(20-27)43(62)57(42(32)61)36-8-9-38(58)52-41(36)60/h4-7,18-20,23,25,29-31,36H,8-17,21-22,24H2,1-3H3,(H,49,59)(H,50,51,53)(H,52,58,60). The van der Waals surface area contributed by atoms with Crippen LogP contribution in [-0.2, 0) is 24.8 Å². The summed E-state index contributed by atoms with van der Waals surface area (Å²) >= 11 is 6.58. The summed E-state index contributed by atoms with van der Waals surface area (Å²) in [7, 11) is 1.50. The number of hydrogen-bond donors (Lipinski definition) is 3. The van der Waals surface area contributed by atoms with Gasteiger partial charge in [0.1, 0.15) is 16.7 Å². The van der Waals surface area contributed by atoms with Crippen molar-refractivity contribution in [1.29, 1.82) is 0 Å². The van der Waals surface area contributed by atoms with Crippen molar-refractivity contribution in [3.8, 4) is 5.75 Å². The van der Waals surface area contributed by atoms with Crippen molar-refractivity contribution < 1.29 is 37.8 Å². The largest absolute Gasteiger partial charge is 0.478 e. The van der Waals surface area contributed by atoms with E-state index in [2.05, 4.69) is 30.7 Å². The van der Waals surface area contributed by atoms with Crippen molar-refractivity contribution in [3.05, 3.63) is 80.7 Å². The second-order valence-electron chi connectivity index (χ2n) is 17.8. The van der Waals surface area contributed by atoms with E-state index in [1.54, 1.807) is 22.9 Å². The Balaban J connectivity index is 0.754. The molecule has 5 aliphatic rings. The van der Waals surface area contributed by atoms with E-state index < -0.39 is 35.3 Å². The Morgan fingerprint density at radius 1 is 0.954 bits per heavy atom. The number of halogens is 2. The number of hydrogen-bond acceptors (Lipinski definition) is 13. The Hall–Kier alpha value is -5.98. The highest BCUT2D eigenvalue weighted by atomic mass is 35.5. The minimum atomic E-state index is -1.66. The molecule has 3 saturated heterocycles. The Labute approximate surface area is 379 Å². The van der Waals surface area contributed by atoms with E-state index >= 15 is 4.39 Å². The predicted molar refractivity (Wildman–Crippen MR) is 238 cm³/mol. The SMILES string of the molecule is CNC(=O)COc1cc2cc(Nc3nc(N4CCC(OC5CC(N6CCC(F)(c7ccc8c(c7)C(=O)N(C7CCC(=O)NC7=O)C8=O)CC6)C5)CC4)ncc3Cl)ccc2n(C(C)C)c1=O. The molecule has 17 nitrogen and oxygen atoms in total. The van der Waals surface area contributed by atoms with Gasteiger partial charge in [-0.05, 0) is 101 Å². The highest BCUT2D eigenvalue weighted by molar-refractivity contribution is 6.33. The number of nitrogens with zero attached hydrogens (tertiary/aromatic N) is 6. The number of aromatic nitrogens is 3. The molecule has 3 N–H and O–H groups in total. The fourth-order valence-electron chi connectivity index (χ4n) is 9.66. The van der Waals surface area contributed by atoms with Gasteiger partial charge < -0.3 is 29.6 Å². The first kappa shape index (κ1) is 44.2. The van der Waals surface area contributed by atoms with Crippen LogP contribution in [0.4, 0.5) is 21.8 Å². The molecule has 5 amide bonds. The summed E-state index contributed by atoms with van der Waals surface area (Å²) in [5.41, 5.74) is -0.00275. The second kappa shape index (κ2) is 17.8. The van der Waals surface area contributed by atoms with E-state index in [4.69, 9.17) is 26.1 Å². The minimum Gasteiger partial charge on any atom is -0.478 e. The summed E-state index contributed by atoms with van der Waals surface area (Å²) in [5.74, 6) is -1.67. The summed E-state index contributed by atoms with van der Waals surface area (Å²) in [5, 5.41) is 9.07. The van der Waals surface area contributed by atoms with Crippen molar-refractivity contribution >= 4 is 69.5 Å². The van der Waals surface area contributed by atoms with Crippen molar-refractivity contribution in [2.24, 2.45) is 0 Å². The average Bonchev–Trinajstić information content (AvgIpc) is 3.52. The lowest BCUT2D eigenvalue weighted by Crippen LogP contribution is -2.54. The molecule has 65 heavy (non-hydrogen) atoms. The van der Waals surface area contributed by atoms with E-state index in [-0.39, 0.29) is 78.9 Å². The van der Waals surface area contributed by atoms with Crippen LogP contribution in [0.25, 0.3) is 10.9 Å². The van der Waals surface area contributed by atoms with Crippen LogP contribution in [0.1, 0.15) is 97.5 Å². The van der Waals surface area contributed by atoms with Gasteiger partial charge in [-0.15, -0.1) is 0 Å². The number of nitrogens with one attached hydrogen (secondary N) is 3. The number of carbonyl (C=O) groups excluding carboxylic acids is 5. The number of benzene rings is 2. The zero-order chi connectivity index (χ0) is 45.7. The Morgan fingerprint density at radius 2 is 1.69 bits per heavy atom. The van der Waals surface area contributed by atoms with Crippen LogP contribution in [-0.4, -0.2) is 118 Å². The molecule has 0 bridgehead atoms. The van der Waals surface area contributed by atoms with Gasteiger partial charge in [0.05, 0.1) is 35.0 Å². The maximum absolute atomic E-state index is 16.5. The minimum absolute atomic E-state index is 0.0280. The molecule has 1 saturated carbocycles. The highest BCUT2D eigenvalue weighted by Crippen LogP contribution is 2.42. The van der Waals surface area contributed by atoms with Gasteiger partial charge in [-0.1, -0.05) is 17.7 Å². The van der Waals surface area contributed by atoms with Crippen LogP contribution in [0.2, 0.25) is 5.02 Å². The molecular formula is C46H51ClFN9O8. The quantitative estimate of drug-likeness (QED) is 0.165. The molecule has 4 fully saturated rings. The lowest BCUT2D eigenvalue weighted by molar-refractivity contribution is -0.136. The number of ether oxygens (including phenoxy) is 2. The van der Waals surface area contributed by atoms with Crippen molar-refractivity contribution in [2.45, 2.75) is 101 Å². The zero-order valence-electron chi connectivity index (χ0n) is 36.4. The van der Waals surface area contributed by atoms with Crippen LogP contribution < -0.4 is 31.1 Å². The summed E-state index contributed by atoms with van der Waals surface area (Å²) in [6.07, 6.45) is 5.72. The van der Waals surface area contributed by atoms with E-state index in [1.807, 2.05) is 32.0 Å². The van der Waals surface area contributed by atoms with Crippen LogP contribution in [0.15, 0.2) is 53.5 Å². The van der Waals surface area contributed by atoms with Crippen LogP contribution >= 0.6 is 11.6 Å². The van der Waals surface area contributed by atoms with Crippen LogP contribution in [0.5, 0.6) is 5.75 Å². The summed E-state index contributed by atoms with van der Waals surface area (Å²) < 4.78 is 30.3. The van der Waals surface area contributed by atoms with E-state index in [9.17, 15) is 28.8 Å². The molecular weight excluding hydrogens is 861 g/mol. The lowest BCUT2D eigenvalue weighted by Gasteiger charge is -2.48. The number of fused-ring (bicyclic) bond motifs is 2. The Bertz CT molecular complexity index is 2640. The zero-order valence-corrected chi connectivity index (χ0v) is 37.2. The number of likely N-dealkylation sites (tertiary alicyclic amines) is 1. The number of anilines is 3. The van der Waals surface area contributed by atoms with E-state index in [1.165, 1.54) is 19.2 Å². The molecule has 1 unspecified atom stereocenters. The number of piperidine rings is 3. The number of likely N-dealkylation sites (N-methyl/N-ethyl adjacent to an activating group) is 1. The third kappa shape index (κ3) is 8.66. The maximum atomic E-state index is 16.5. The topological polar surface area (TPSA) is 197 Å². The molecule has 4 aromatic rings. The highest BCUT2D eigenvalue weighted by Gasteiger charge is 2.47. The fraction of sp³-hybridized carbons (Fsp3) is 0.478. The average molecular weight is 912 g/mol. The summed E-state index contributed by atoms with van der Waals surface area (Å²) in [4.78, 5) is 90.3. The van der Waals surface area contributed by atoms with E-state index in [0.29, 0.717) is 65.8 Å². The molecule has 9 rings (SSSR count). The monoisotopic (exact) mass is 911 g/mol. The lowest BCUT2D eigenvalue weighted by atomic mass is 9.81. The van der Waals surface area contributed by atoms with Gasteiger partial charge in [0.2, 0.25) is 17.8 Å². The third-order valence-corrected chi connectivity index (χ3v) is 13.7. The Kier molecular flexibility index (Phi) is 12.1. The first-order valence-electron chi connectivity index (χ1n) is 22.2. The third-order valence-electron chi connectivity index (χ3n) is 13.4. The normalized spacial score (nSPS) is 22.5. The van der Waals surface area contributed by atoms with Gasteiger partial charge in [0.15, 0.2) is 18.2 Å². The number of alkyl halides is 1. The summed E-state index contributed by atoms with van der Waals surface area (Å²) in [6, 6.07) is 10.8. The Morgan fingerprint density at radius 3 is 2.40 bits per heavy atom. The number of pyridine rings is 1. The molecule has 2 aromatic heterocycles. The predicted octanol–water partition coefficient (Wildman–Crippen LogP) is 4.77. The van der Waals surface area contributed by atoms with Gasteiger partial charge in [-0.25, -0.2) is 9.37 Å². The van der Waals surface area contributed by atoms with Gasteiger partial charge in [0.25, 0.3) is 23.3 Å². The molecule has 19 heteroatoms. The maximum Gasteiger partial charge on any atom is 0.293 e. The molecule has 1 aliphatic carbocycles. The molecule has 0 radical (unpaired) electrons. The van der Waals surface area contributed by atoms with Crippen molar-refractivity contribution in [3.63, 3.8) is 0 Å². The molecule has 1 atom stereocenters. The number of amides is 5. The van der Waals surface area contributed by atoms with E-state index in [0.717, 1.165) is 36.0 Å². The number of carbonyl (C=O) groups is 5. The number of imide groups is 2. The van der Waals surface area contributed by atoms with Crippen molar-refractivity contribution in [1.82, 2.24) is 35.0 Å². The van der Waals surface area contributed by atoms with Crippen LogP contribution in [0, 0.1) is 0 Å². The van der Waals surface area contributed by atoms with Gasteiger partial charge >= 0.3 is 0 Å². The van der Waals surface area contributed by atoms with Crippen molar-refractivity contribution in [2.75, 3.05) is 50.1 Å². The smallest absolute Gasteiger partial charge is 0.293 e. The van der Waals surface area contributed by atoms with Gasteiger partial charge in [0, 0.05) is 62.8 Å². The van der Waals surface area contributed by atoms with Gasteiger partial charge in [-0.2, -0.15) is 4.98 Å². The molecule has 2 aromatic carbocycles. The molecule has 0 spiro atoms. The molecule has 342 valence electrons. The number of rotatable bonds is 12. The molecule has 4 aliphatic heterocycles. The fourth-order valence-corrected chi connectivity index (χ4v) is 9.80. The first-order valence-corrected chi connectivity index (χ1v) is 22.6. The summed E-state index contributed by atoms with van der Waals surface area (Å²) in [6.45, 7) is 6.04. The molecule has 6 heterocycles.